The van der Waals surface area contributed by atoms with E-state index in [9.17, 15) is 0 Å². The predicted octanol–water partition coefficient (Wildman–Crippen LogP) is 5.80. The topological polar surface area (TPSA) is 73.5 Å². The van der Waals surface area contributed by atoms with Crippen molar-refractivity contribution in [2.45, 2.75) is 19.0 Å². The van der Waals surface area contributed by atoms with Gasteiger partial charge in [0, 0.05) is 35.2 Å². The van der Waals surface area contributed by atoms with Crippen LogP contribution < -0.4 is 0 Å². The van der Waals surface area contributed by atoms with Crippen molar-refractivity contribution in [1.82, 2.24) is 30.5 Å². The molecule has 2 N–H and O–H groups in total. The molecule has 1 unspecified atom stereocenters. The summed E-state index contributed by atoms with van der Waals surface area (Å²) >= 11 is 12.9. The summed E-state index contributed by atoms with van der Waals surface area (Å²) in [5, 5.41) is 16.9. The molecule has 0 amide bonds. The van der Waals surface area contributed by atoms with Crippen LogP contribution in [0.2, 0.25) is 10.0 Å². The fourth-order valence-corrected chi connectivity index (χ4v) is 5.21. The van der Waals surface area contributed by atoms with Crippen LogP contribution in [0.25, 0.3) is 22.3 Å². The number of benzene rings is 3. The molecule has 0 fully saturated rings. The molecule has 5 aromatic rings. The molecule has 0 bridgehead atoms. The largest absolute Gasteiger partial charge is 0.357 e. The minimum absolute atomic E-state index is 0.0514. The number of halogens is 2. The number of rotatable bonds is 4. The third kappa shape index (κ3) is 3.60. The van der Waals surface area contributed by atoms with Gasteiger partial charge in [-0.1, -0.05) is 77.8 Å². The van der Waals surface area contributed by atoms with Gasteiger partial charge in [-0.25, -0.2) is 0 Å². The zero-order valence-corrected chi connectivity index (χ0v) is 19.1. The molecule has 6 rings (SSSR count). The Morgan fingerprint density at radius 3 is 2.64 bits per heavy atom. The van der Waals surface area contributed by atoms with Crippen molar-refractivity contribution in [1.29, 1.82) is 0 Å². The van der Waals surface area contributed by atoms with Gasteiger partial charge in [0.1, 0.15) is 0 Å². The van der Waals surface area contributed by atoms with E-state index in [1.165, 1.54) is 27.7 Å². The van der Waals surface area contributed by atoms with Crippen LogP contribution in [0.15, 0.2) is 66.7 Å². The summed E-state index contributed by atoms with van der Waals surface area (Å²) in [5.41, 5.74) is 6.91. The fourth-order valence-electron chi connectivity index (χ4n) is 4.83. The molecule has 1 aliphatic heterocycles. The van der Waals surface area contributed by atoms with E-state index in [0.717, 1.165) is 24.1 Å². The Hall–Kier alpha value is -3.19. The van der Waals surface area contributed by atoms with Crippen LogP contribution in [0.5, 0.6) is 0 Å². The maximum absolute atomic E-state index is 6.56. The minimum atomic E-state index is 0.0514. The summed E-state index contributed by atoms with van der Waals surface area (Å²) < 4.78 is 0. The Morgan fingerprint density at radius 1 is 0.970 bits per heavy atom. The van der Waals surface area contributed by atoms with Crippen LogP contribution >= 0.6 is 23.2 Å². The van der Waals surface area contributed by atoms with Gasteiger partial charge in [-0.2, -0.15) is 5.21 Å². The van der Waals surface area contributed by atoms with E-state index in [4.69, 9.17) is 23.2 Å². The summed E-state index contributed by atoms with van der Waals surface area (Å²) in [4.78, 5) is 6.17. The first kappa shape index (κ1) is 20.4. The molecule has 3 aromatic carbocycles. The van der Waals surface area contributed by atoms with Crippen molar-refractivity contribution in [3.8, 4) is 11.4 Å². The molecule has 0 spiro atoms. The second-order valence-corrected chi connectivity index (χ2v) is 9.04. The lowest BCUT2D eigenvalue weighted by atomic mass is 9.91. The van der Waals surface area contributed by atoms with Crippen LogP contribution in [0, 0.1) is 0 Å². The second kappa shape index (κ2) is 8.30. The zero-order chi connectivity index (χ0) is 22.4. The molecule has 1 atom stereocenters. The van der Waals surface area contributed by atoms with Crippen molar-refractivity contribution >= 4 is 34.1 Å². The van der Waals surface area contributed by atoms with E-state index in [1.54, 1.807) is 0 Å². The smallest absolute Gasteiger partial charge is 0.204 e. The number of nitrogens with zero attached hydrogens (tertiary/aromatic N) is 4. The van der Waals surface area contributed by atoms with E-state index < -0.39 is 0 Å². The molecular formula is C25H20Cl2N6. The molecule has 8 heteroatoms. The highest BCUT2D eigenvalue weighted by Crippen LogP contribution is 2.40. The quantitative estimate of drug-likeness (QED) is 0.345. The Kier molecular flexibility index (Phi) is 5.14. The van der Waals surface area contributed by atoms with Crippen LogP contribution in [0.1, 0.15) is 28.4 Å². The first-order valence-electron chi connectivity index (χ1n) is 10.8. The Balaban J connectivity index is 1.45. The van der Waals surface area contributed by atoms with Crippen molar-refractivity contribution in [3.63, 3.8) is 0 Å². The molecule has 2 aromatic heterocycles. The number of para-hydroxylation sites is 1. The molecule has 0 saturated carbocycles. The standard InChI is InChI=1S/C25H20Cl2N6/c26-20-6-3-4-17(22(20)27)14-33-13-12-19-18-5-1-2-7-21(18)28-23(19)24(33)15-8-10-16(11-9-15)25-29-31-32-30-25/h1-11,24,28H,12-14H2,(H,29,30,31,32). The van der Waals surface area contributed by atoms with Crippen molar-refractivity contribution in [2.24, 2.45) is 0 Å². The first-order chi connectivity index (χ1) is 16.2. The van der Waals surface area contributed by atoms with Crippen LogP contribution in [0.3, 0.4) is 0 Å². The number of nitrogens with one attached hydrogen (secondary N) is 2. The molecule has 3 heterocycles. The Labute approximate surface area is 200 Å². The number of aromatic nitrogens is 5. The van der Waals surface area contributed by atoms with Gasteiger partial charge in [0.05, 0.1) is 16.1 Å². The van der Waals surface area contributed by atoms with Crippen molar-refractivity contribution in [2.75, 3.05) is 6.54 Å². The predicted molar refractivity (Wildman–Crippen MR) is 130 cm³/mol. The minimum Gasteiger partial charge on any atom is -0.357 e. The van der Waals surface area contributed by atoms with Crippen molar-refractivity contribution in [3.05, 3.63) is 99.2 Å². The monoisotopic (exact) mass is 474 g/mol. The molecule has 164 valence electrons. The molecular weight excluding hydrogens is 455 g/mol. The third-order valence-electron chi connectivity index (χ3n) is 6.37. The fraction of sp³-hybridized carbons (Fsp3) is 0.160. The first-order valence-corrected chi connectivity index (χ1v) is 11.5. The van der Waals surface area contributed by atoms with Gasteiger partial charge < -0.3 is 4.98 Å². The van der Waals surface area contributed by atoms with Gasteiger partial charge in [-0.05, 0) is 40.5 Å². The SMILES string of the molecule is Clc1cccc(CN2CCc3c([nH]c4ccccc34)C2c2ccc(-c3nn[nH]n3)cc2)c1Cl. The number of tetrazole rings is 1. The van der Waals surface area contributed by atoms with Gasteiger partial charge in [0.25, 0.3) is 0 Å². The number of fused-ring (bicyclic) bond motifs is 3. The lowest BCUT2D eigenvalue weighted by Gasteiger charge is -2.36. The van der Waals surface area contributed by atoms with Crippen LogP contribution in [0.4, 0.5) is 0 Å². The average molecular weight is 475 g/mol. The lowest BCUT2D eigenvalue weighted by molar-refractivity contribution is 0.202. The highest BCUT2D eigenvalue weighted by atomic mass is 35.5. The van der Waals surface area contributed by atoms with Gasteiger partial charge in [0.15, 0.2) is 0 Å². The maximum Gasteiger partial charge on any atom is 0.204 e. The van der Waals surface area contributed by atoms with Crippen LogP contribution in [-0.4, -0.2) is 37.1 Å². The zero-order valence-electron chi connectivity index (χ0n) is 17.6. The Bertz CT molecular complexity index is 1430. The van der Waals surface area contributed by atoms with Crippen LogP contribution in [-0.2, 0) is 13.0 Å². The summed E-state index contributed by atoms with van der Waals surface area (Å²) in [6, 6.07) is 22.8. The number of hydrogen-bond donors (Lipinski definition) is 2. The summed E-state index contributed by atoms with van der Waals surface area (Å²) in [6.45, 7) is 1.61. The van der Waals surface area contributed by atoms with Crippen molar-refractivity contribution < 1.29 is 0 Å². The average Bonchev–Trinajstić information content (AvgIpc) is 3.50. The second-order valence-electron chi connectivity index (χ2n) is 8.26. The molecule has 0 saturated heterocycles. The number of aromatic amines is 2. The highest BCUT2D eigenvalue weighted by Gasteiger charge is 2.32. The summed E-state index contributed by atoms with van der Waals surface area (Å²) in [5.74, 6) is 0.582. The number of H-pyrrole nitrogens is 2. The molecule has 33 heavy (non-hydrogen) atoms. The van der Waals surface area contributed by atoms with Gasteiger partial charge in [-0.15, -0.1) is 10.2 Å². The van der Waals surface area contributed by atoms with Gasteiger partial charge in [0.2, 0.25) is 5.82 Å². The normalized spacial score (nSPS) is 16.2. The van der Waals surface area contributed by atoms with Gasteiger partial charge in [-0.3, -0.25) is 4.90 Å². The van der Waals surface area contributed by atoms with E-state index in [1.807, 2.05) is 30.3 Å². The molecule has 0 radical (unpaired) electrons. The van der Waals surface area contributed by atoms with E-state index in [0.29, 0.717) is 22.4 Å². The van der Waals surface area contributed by atoms with E-state index in [2.05, 4.69) is 66.9 Å². The van der Waals surface area contributed by atoms with E-state index >= 15 is 0 Å². The molecule has 1 aliphatic rings. The molecule has 0 aliphatic carbocycles. The summed E-state index contributed by atoms with van der Waals surface area (Å²) in [7, 11) is 0. The third-order valence-corrected chi connectivity index (χ3v) is 7.23. The highest BCUT2D eigenvalue weighted by molar-refractivity contribution is 6.42. The van der Waals surface area contributed by atoms with E-state index in [-0.39, 0.29) is 6.04 Å². The molecule has 6 nitrogen and oxygen atoms in total. The summed E-state index contributed by atoms with van der Waals surface area (Å²) in [6.07, 6.45) is 0.967. The number of hydrogen-bond acceptors (Lipinski definition) is 4. The maximum atomic E-state index is 6.56. The Morgan fingerprint density at radius 2 is 1.82 bits per heavy atom. The lowest BCUT2D eigenvalue weighted by Crippen LogP contribution is -2.35. The van der Waals surface area contributed by atoms with Gasteiger partial charge >= 0.3 is 0 Å².